The number of aromatic nitrogens is 1. The van der Waals surface area contributed by atoms with E-state index in [1.807, 2.05) is 13.8 Å². The Bertz CT molecular complexity index is 1380. The lowest BCUT2D eigenvalue weighted by Crippen LogP contribution is -2.25. The first-order chi connectivity index (χ1) is 15.8. The SMILES string of the molecule is Cc1[nH]c2c(F)ccc(C)c2c1CCNC(=O)c1ccc(-c2ccc(Cl)c(C(=O)O)c2)cc1. The summed E-state index contributed by atoms with van der Waals surface area (Å²) in [5.41, 5.74) is 5.36. The van der Waals surface area contributed by atoms with Crippen molar-refractivity contribution >= 4 is 34.4 Å². The molecule has 0 spiro atoms. The standard InChI is InChI=1S/C26H22ClFN2O3/c1-14-3-10-22(28)24-23(14)19(15(2)30-24)11-12-29-25(31)17-6-4-16(5-7-17)18-8-9-21(27)20(13-18)26(32)33/h3-10,13,30H,11-12H2,1-2H3,(H,29,31)(H,32,33). The van der Waals surface area contributed by atoms with Crippen molar-refractivity contribution in [1.82, 2.24) is 10.3 Å². The number of carboxylic acid groups (broad SMARTS) is 1. The predicted molar refractivity (Wildman–Crippen MR) is 128 cm³/mol. The van der Waals surface area contributed by atoms with E-state index in [4.69, 9.17) is 11.6 Å². The van der Waals surface area contributed by atoms with Gasteiger partial charge in [-0.1, -0.05) is 35.9 Å². The summed E-state index contributed by atoms with van der Waals surface area (Å²) >= 11 is 5.93. The summed E-state index contributed by atoms with van der Waals surface area (Å²) in [5.74, 6) is -1.60. The van der Waals surface area contributed by atoms with Gasteiger partial charge in [-0.05, 0) is 72.9 Å². The molecule has 0 saturated carbocycles. The number of hydrogen-bond acceptors (Lipinski definition) is 2. The van der Waals surface area contributed by atoms with Crippen LogP contribution in [-0.2, 0) is 6.42 Å². The summed E-state index contributed by atoms with van der Waals surface area (Å²) < 4.78 is 14.1. The number of halogens is 2. The Morgan fingerprint density at radius 1 is 1.03 bits per heavy atom. The topological polar surface area (TPSA) is 82.2 Å². The van der Waals surface area contributed by atoms with Gasteiger partial charge in [-0.15, -0.1) is 0 Å². The molecule has 0 atom stereocenters. The quantitative estimate of drug-likeness (QED) is 0.331. The highest BCUT2D eigenvalue weighted by Gasteiger charge is 2.15. The van der Waals surface area contributed by atoms with Crippen LogP contribution in [0.15, 0.2) is 54.6 Å². The monoisotopic (exact) mass is 464 g/mol. The molecule has 0 aliphatic rings. The summed E-state index contributed by atoms with van der Waals surface area (Å²) in [6, 6.07) is 14.9. The largest absolute Gasteiger partial charge is 0.478 e. The summed E-state index contributed by atoms with van der Waals surface area (Å²) in [4.78, 5) is 27.0. The van der Waals surface area contributed by atoms with Gasteiger partial charge in [-0.2, -0.15) is 0 Å². The third-order valence-corrected chi connectivity index (χ3v) is 6.10. The second-order valence-electron chi connectivity index (χ2n) is 7.93. The van der Waals surface area contributed by atoms with Gasteiger partial charge >= 0.3 is 5.97 Å². The van der Waals surface area contributed by atoms with Crippen molar-refractivity contribution in [2.75, 3.05) is 6.54 Å². The zero-order valence-corrected chi connectivity index (χ0v) is 18.9. The second-order valence-corrected chi connectivity index (χ2v) is 8.33. The summed E-state index contributed by atoms with van der Waals surface area (Å²) in [7, 11) is 0. The number of H-pyrrole nitrogens is 1. The molecule has 0 radical (unpaired) electrons. The molecule has 4 rings (SSSR count). The molecule has 3 aromatic carbocycles. The van der Waals surface area contributed by atoms with Gasteiger partial charge in [0.05, 0.1) is 16.1 Å². The van der Waals surface area contributed by atoms with Crippen LogP contribution in [0.4, 0.5) is 4.39 Å². The van der Waals surface area contributed by atoms with E-state index in [2.05, 4.69) is 10.3 Å². The van der Waals surface area contributed by atoms with E-state index in [9.17, 15) is 19.1 Å². The molecule has 5 nitrogen and oxygen atoms in total. The molecule has 4 aromatic rings. The lowest BCUT2D eigenvalue weighted by Gasteiger charge is -2.09. The Labute approximate surface area is 195 Å². The molecule has 168 valence electrons. The van der Waals surface area contributed by atoms with Crippen molar-refractivity contribution in [3.05, 3.63) is 93.4 Å². The first-order valence-corrected chi connectivity index (χ1v) is 10.8. The highest BCUT2D eigenvalue weighted by Crippen LogP contribution is 2.28. The molecule has 1 amide bonds. The molecular weight excluding hydrogens is 443 g/mol. The van der Waals surface area contributed by atoms with Crippen molar-refractivity contribution in [3.63, 3.8) is 0 Å². The van der Waals surface area contributed by atoms with E-state index in [0.29, 0.717) is 29.6 Å². The number of fused-ring (bicyclic) bond motifs is 1. The van der Waals surface area contributed by atoms with Crippen LogP contribution < -0.4 is 5.32 Å². The fourth-order valence-electron chi connectivity index (χ4n) is 4.04. The molecule has 0 fully saturated rings. The fraction of sp³-hybridized carbons (Fsp3) is 0.154. The molecule has 1 aromatic heterocycles. The third kappa shape index (κ3) is 4.47. The van der Waals surface area contributed by atoms with Gasteiger partial charge in [0, 0.05) is 23.2 Å². The van der Waals surface area contributed by atoms with Crippen molar-refractivity contribution in [2.45, 2.75) is 20.3 Å². The molecule has 1 heterocycles. The second kappa shape index (κ2) is 9.08. The van der Waals surface area contributed by atoms with Crippen molar-refractivity contribution in [1.29, 1.82) is 0 Å². The van der Waals surface area contributed by atoms with E-state index >= 15 is 0 Å². The summed E-state index contributed by atoms with van der Waals surface area (Å²) in [5, 5.41) is 13.2. The minimum Gasteiger partial charge on any atom is -0.478 e. The van der Waals surface area contributed by atoms with Crippen LogP contribution in [0.3, 0.4) is 0 Å². The van der Waals surface area contributed by atoms with E-state index in [1.165, 1.54) is 12.1 Å². The number of carboxylic acids is 1. The zero-order valence-electron chi connectivity index (χ0n) is 18.1. The van der Waals surface area contributed by atoms with Crippen LogP contribution in [0.5, 0.6) is 0 Å². The van der Waals surface area contributed by atoms with Crippen LogP contribution in [0, 0.1) is 19.7 Å². The lowest BCUT2D eigenvalue weighted by atomic mass is 10.0. The van der Waals surface area contributed by atoms with Gasteiger partial charge in [0.15, 0.2) is 0 Å². The molecule has 0 aliphatic heterocycles. The van der Waals surface area contributed by atoms with Crippen LogP contribution >= 0.6 is 11.6 Å². The Kier molecular flexibility index (Phi) is 6.20. The zero-order chi connectivity index (χ0) is 23.7. The molecule has 33 heavy (non-hydrogen) atoms. The highest BCUT2D eigenvalue weighted by atomic mass is 35.5. The van der Waals surface area contributed by atoms with E-state index in [-0.39, 0.29) is 22.3 Å². The number of rotatable bonds is 6. The van der Waals surface area contributed by atoms with Crippen molar-refractivity contribution in [3.8, 4) is 11.1 Å². The Morgan fingerprint density at radius 3 is 2.42 bits per heavy atom. The minimum absolute atomic E-state index is 0.0266. The van der Waals surface area contributed by atoms with Gasteiger partial charge in [-0.3, -0.25) is 4.79 Å². The number of carbonyl (C=O) groups is 2. The number of aromatic amines is 1. The van der Waals surface area contributed by atoms with Crippen molar-refractivity contribution < 1.29 is 19.1 Å². The number of aryl methyl sites for hydroxylation is 2. The van der Waals surface area contributed by atoms with Crippen LogP contribution in [0.25, 0.3) is 22.0 Å². The molecule has 0 saturated heterocycles. The maximum absolute atomic E-state index is 14.1. The molecule has 7 heteroatoms. The number of nitrogens with one attached hydrogen (secondary N) is 2. The van der Waals surface area contributed by atoms with E-state index < -0.39 is 5.97 Å². The summed E-state index contributed by atoms with van der Waals surface area (Å²) in [6.07, 6.45) is 0.572. The first kappa shape index (κ1) is 22.6. The number of hydrogen-bond donors (Lipinski definition) is 3. The molecule has 3 N–H and O–H groups in total. The fourth-order valence-corrected chi connectivity index (χ4v) is 4.24. The Balaban J connectivity index is 1.45. The third-order valence-electron chi connectivity index (χ3n) is 5.77. The van der Waals surface area contributed by atoms with Gasteiger partial charge in [0.2, 0.25) is 0 Å². The van der Waals surface area contributed by atoms with Crippen molar-refractivity contribution in [2.24, 2.45) is 0 Å². The summed E-state index contributed by atoms with van der Waals surface area (Å²) in [6.45, 7) is 4.25. The van der Waals surface area contributed by atoms with E-state index in [1.54, 1.807) is 42.5 Å². The molecule has 0 unspecified atom stereocenters. The molecule has 0 aliphatic carbocycles. The van der Waals surface area contributed by atoms with Gasteiger partial charge in [0.1, 0.15) is 5.82 Å². The highest BCUT2D eigenvalue weighted by molar-refractivity contribution is 6.33. The normalized spacial score (nSPS) is 11.0. The van der Waals surface area contributed by atoms with Gasteiger partial charge in [-0.25, -0.2) is 9.18 Å². The van der Waals surface area contributed by atoms with Gasteiger partial charge < -0.3 is 15.4 Å². The maximum atomic E-state index is 14.1. The number of amides is 1. The predicted octanol–water partition coefficient (Wildman–Crippen LogP) is 5.91. The Hall–Kier alpha value is -3.64. The molecular formula is C26H22ClFN2O3. The van der Waals surface area contributed by atoms with Gasteiger partial charge in [0.25, 0.3) is 5.91 Å². The average molecular weight is 465 g/mol. The maximum Gasteiger partial charge on any atom is 0.337 e. The first-order valence-electron chi connectivity index (χ1n) is 10.4. The number of benzene rings is 3. The number of carbonyl (C=O) groups excluding carboxylic acids is 1. The minimum atomic E-state index is -1.10. The van der Waals surface area contributed by atoms with E-state index in [0.717, 1.165) is 27.8 Å². The lowest BCUT2D eigenvalue weighted by molar-refractivity contribution is 0.0697. The van der Waals surface area contributed by atoms with Crippen LogP contribution in [-0.4, -0.2) is 28.5 Å². The Morgan fingerprint density at radius 2 is 1.73 bits per heavy atom. The number of aromatic carboxylic acids is 1. The van der Waals surface area contributed by atoms with Crippen LogP contribution in [0.1, 0.15) is 37.5 Å². The van der Waals surface area contributed by atoms with Crippen LogP contribution in [0.2, 0.25) is 5.02 Å². The molecule has 0 bridgehead atoms. The average Bonchev–Trinajstić information content (AvgIpc) is 3.14. The smallest absolute Gasteiger partial charge is 0.337 e.